The number of guanidine groups is 1. The van der Waals surface area contributed by atoms with Crippen molar-refractivity contribution in [3.8, 4) is 0 Å². The fourth-order valence-corrected chi connectivity index (χ4v) is 4.33. The largest absolute Gasteiger partial charge is 0.357 e. The van der Waals surface area contributed by atoms with Gasteiger partial charge in [0.15, 0.2) is 5.96 Å². The van der Waals surface area contributed by atoms with Crippen molar-refractivity contribution in [2.75, 3.05) is 46.8 Å². The van der Waals surface area contributed by atoms with Gasteiger partial charge < -0.3 is 20.1 Å². The standard InChI is InChI=1S/C20H36N6/c1-21-19(22-15-18-7-12-25(3)16-18)23-17-20(8-13-24(2)14-9-20)26-10-5-4-6-11-26/h7,12,16H,4-6,8-11,13-15,17H2,1-3H3,(H2,21,22,23). The number of aryl methyl sites for hydroxylation is 1. The Morgan fingerprint density at radius 3 is 2.42 bits per heavy atom. The second-order valence-electron chi connectivity index (χ2n) is 8.04. The molecule has 2 fully saturated rings. The van der Waals surface area contributed by atoms with Gasteiger partial charge in [0.05, 0.1) is 0 Å². The van der Waals surface area contributed by atoms with E-state index in [0.29, 0.717) is 0 Å². The third kappa shape index (κ3) is 4.80. The second kappa shape index (κ2) is 8.91. The van der Waals surface area contributed by atoms with Gasteiger partial charge in [0.2, 0.25) is 0 Å². The van der Waals surface area contributed by atoms with E-state index in [1.807, 2.05) is 7.05 Å². The number of aliphatic imine (C=N–C) groups is 1. The highest BCUT2D eigenvalue weighted by Crippen LogP contribution is 2.30. The van der Waals surface area contributed by atoms with Crippen LogP contribution in [0.2, 0.25) is 0 Å². The van der Waals surface area contributed by atoms with Crippen molar-refractivity contribution in [1.82, 2.24) is 25.0 Å². The summed E-state index contributed by atoms with van der Waals surface area (Å²) >= 11 is 0. The summed E-state index contributed by atoms with van der Waals surface area (Å²) in [6, 6.07) is 2.15. The van der Waals surface area contributed by atoms with E-state index in [1.165, 1.54) is 63.8 Å². The quantitative estimate of drug-likeness (QED) is 0.619. The zero-order valence-corrected chi connectivity index (χ0v) is 16.8. The molecule has 2 N–H and O–H groups in total. The van der Waals surface area contributed by atoms with Crippen LogP contribution in [0.15, 0.2) is 23.5 Å². The summed E-state index contributed by atoms with van der Waals surface area (Å²) in [5.74, 6) is 0.907. The number of hydrogen-bond donors (Lipinski definition) is 2. The molecule has 2 saturated heterocycles. The maximum absolute atomic E-state index is 4.44. The Morgan fingerprint density at radius 2 is 1.81 bits per heavy atom. The van der Waals surface area contributed by atoms with Crippen LogP contribution in [0.5, 0.6) is 0 Å². The van der Waals surface area contributed by atoms with E-state index in [0.717, 1.165) is 19.0 Å². The number of hydrogen-bond acceptors (Lipinski definition) is 3. The van der Waals surface area contributed by atoms with Gasteiger partial charge in [-0.15, -0.1) is 0 Å². The molecule has 6 heteroatoms. The highest BCUT2D eigenvalue weighted by molar-refractivity contribution is 5.79. The maximum Gasteiger partial charge on any atom is 0.191 e. The molecule has 0 radical (unpaired) electrons. The van der Waals surface area contributed by atoms with Gasteiger partial charge in [0.1, 0.15) is 0 Å². The molecule has 0 aliphatic carbocycles. The molecule has 0 spiro atoms. The van der Waals surface area contributed by atoms with Crippen molar-refractivity contribution in [2.24, 2.45) is 12.0 Å². The topological polar surface area (TPSA) is 47.8 Å². The van der Waals surface area contributed by atoms with Crippen LogP contribution in [-0.4, -0.2) is 72.7 Å². The summed E-state index contributed by atoms with van der Waals surface area (Å²) in [4.78, 5) is 9.67. The molecule has 2 aliphatic rings. The number of rotatable bonds is 5. The van der Waals surface area contributed by atoms with Gasteiger partial charge in [0, 0.05) is 45.1 Å². The summed E-state index contributed by atoms with van der Waals surface area (Å²) < 4.78 is 2.08. The lowest BCUT2D eigenvalue weighted by Crippen LogP contribution is -2.62. The van der Waals surface area contributed by atoms with Gasteiger partial charge in [-0.1, -0.05) is 6.42 Å². The van der Waals surface area contributed by atoms with E-state index in [-0.39, 0.29) is 5.54 Å². The summed E-state index contributed by atoms with van der Waals surface area (Å²) in [5.41, 5.74) is 1.55. The van der Waals surface area contributed by atoms with Crippen molar-refractivity contribution in [3.05, 3.63) is 24.0 Å². The van der Waals surface area contributed by atoms with E-state index in [4.69, 9.17) is 0 Å². The van der Waals surface area contributed by atoms with E-state index >= 15 is 0 Å². The average Bonchev–Trinajstić information content (AvgIpc) is 3.09. The van der Waals surface area contributed by atoms with E-state index in [2.05, 4.69) is 62.5 Å². The molecule has 0 unspecified atom stereocenters. The van der Waals surface area contributed by atoms with Crippen LogP contribution in [0.3, 0.4) is 0 Å². The summed E-state index contributed by atoms with van der Waals surface area (Å²) in [7, 11) is 6.16. The highest BCUT2D eigenvalue weighted by Gasteiger charge is 2.39. The molecule has 2 aliphatic heterocycles. The van der Waals surface area contributed by atoms with Crippen LogP contribution in [0, 0.1) is 0 Å². The average molecular weight is 361 g/mol. The van der Waals surface area contributed by atoms with Crippen molar-refractivity contribution in [2.45, 2.75) is 44.2 Å². The number of aromatic nitrogens is 1. The van der Waals surface area contributed by atoms with Crippen LogP contribution in [0.1, 0.15) is 37.7 Å². The molecule has 1 aromatic heterocycles. The van der Waals surface area contributed by atoms with Gasteiger partial charge in [-0.2, -0.15) is 0 Å². The molecule has 0 saturated carbocycles. The SMILES string of the molecule is CN=C(NCc1ccn(C)c1)NCC1(N2CCCCC2)CCN(C)CC1. The lowest BCUT2D eigenvalue weighted by Gasteiger charge is -2.50. The molecule has 6 nitrogen and oxygen atoms in total. The smallest absolute Gasteiger partial charge is 0.191 e. The minimum atomic E-state index is 0.275. The maximum atomic E-state index is 4.44. The Balaban J connectivity index is 1.58. The van der Waals surface area contributed by atoms with Crippen molar-refractivity contribution >= 4 is 5.96 Å². The monoisotopic (exact) mass is 360 g/mol. The van der Waals surface area contributed by atoms with Gasteiger partial charge in [0.25, 0.3) is 0 Å². The first kappa shape index (κ1) is 19.2. The van der Waals surface area contributed by atoms with Crippen LogP contribution < -0.4 is 10.6 Å². The van der Waals surface area contributed by atoms with Crippen LogP contribution >= 0.6 is 0 Å². The fourth-order valence-electron chi connectivity index (χ4n) is 4.33. The predicted octanol–water partition coefficient (Wildman–Crippen LogP) is 1.64. The van der Waals surface area contributed by atoms with E-state index in [9.17, 15) is 0 Å². The third-order valence-corrected chi connectivity index (χ3v) is 6.11. The molecule has 0 atom stereocenters. The Hall–Kier alpha value is -1.53. The first-order valence-electron chi connectivity index (χ1n) is 10.1. The molecule has 3 rings (SSSR count). The van der Waals surface area contributed by atoms with E-state index < -0.39 is 0 Å². The number of nitrogens with zero attached hydrogens (tertiary/aromatic N) is 4. The van der Waals surface area contributed by atoms with Crippen LogP contribution in [0.4, 0.5) is 0 Å². The number of likely N-dealkylation sites (tertiary alicyclic amines) is 2. The van der Waals surface area contributed by atoms with Gasteiger partial charge in [-0.05, 0) is 70.5 Å². The first-order chi connectivity index (χ1) is 12.6. The van der Waals surface area contributed by atoms with Crippen LogP contribution in [-0.2, 0) is 13.6 Å². The van der Waals surface area contributed by atoms with Gasteiger partial charge in [-0.3, -0.25) is 9.89 Å². The van der Waals surface area contributed by atoms with Crippen molar-refractivity contribution in [1.29, 1.82) is 0 Å². The van der Waals surface area contributed by atoms with Crippen molar-refractivity contribution < 1.29 is 0 Å². The van der Waals surface area contributed by atoms with Gasteiger partial charge in [-0.25, -0.2) is 0 Å². The summed E-state index contributed by atoms with van der Waals surface area (Å²) in [6.45, 7) is 6.67. The Bertz CT molecular complexity index is 579. The normalized spacial score (nSPS) is 22.3. The molecule has 26 heavy (non-hydrogen) atoms. The van der Waals surface area contributed by atoms with Crippen molar-refractivity contribution in [3.63, 3.8) is 0 Å². The molecule has 0 aromatic carbocycles. The zero-order chi connectivity index (χ0) is 18.4. The Morgan fingerprint density at radius 1 is 1.08 bits per heavy atom. The molecule has 146 valence electrons. The minimum Gasteiger partial charge on any atom is -0.357 e. The lowest BCUT2D eigenvalue weighted by atomic mass is 9.84. The Labute approximate surface area is 158 Å². The highest BCUT2D eigenvalue weighted by atomic mass is 15.3. The number of nitrogens with one attached hydrogen (secondary N) is 2. The molecule has 3 heterocycles. The summed E-state index contributed by atoms with van der Waals surface area (Å²) in [5, 5.41) is 7.11. The molecule has 0 amide bonds. The number of piperidine rings is 2. The van der Waals surface area contributed by atoms with Crippen LogP contribution in [0.25, 0.3) is 0 Å². The molecular weight excluding hydrogens is 324 g/mol. The predicted molar refractivity (Wildman–Crippen MR) is 109 cm³/mol. The summed E-state index contributed by atoms with van der Waals surface area (Å²) in [6.07, 6.45) is 10.8. The van der Waals surface area contributed by atoms with E-state index in [1.54, 1.807) is 0 Å². The fraction of sp³-hybridized carbons (Fsp3) is 0.750. The zero-order valence-electron chi connectivity index (χ0n) is 16.8. The minimum absolute atomic E-state index is 0.275. The Kier molecular flexibility index (Phi) is 6.59. The first-order valence-corrected chi connectivity index (χ1v) is 10.1. The van der Waals surface area contributed by atoms with Gasteiger partial charge >= 0.3 is 0 Å². The lowest BCUT2D eigenvalue weighted by molar-refractivity contribution is 0.0173. The molecule has 1 aromatic rings. The molecular formula is C20H36N6. The third-order valence-electron chi connectivity index (χ3n) is 6.11. The second-order valence-corrected chi connectivity index (χ2v) is 8.04. The molecule has 0 bridgehead atoms.